The topological polar surface area (TPSA) is 54.0 Å². The Labute approximate surface area is 210 Å². The van der Waals surface area contributed by atoms with Crippen molar-refractivity contribution in [2.75, 3.05) is 49.6 Å². The summed E-state index contributed by atoms with van der Waals surface area (Å²) in [6, 6.07) is 22.9. The van der Waals surface area contributed by atoms with Gasteiger partial charge in [-0.25, -0.2) is 4.39 Å². The zero-order valence-corrected chi connectivity index (χ0v) is 20.1. The van der Waals surface area contributed by atoms with Crippen LogP contribution in [-0.4, -0.2) is 50.2 Å². The summed E-state index contributed by atoms with van der Waals surface area (Å²) in [5.74, 6) is 2.11. The highest BCUT2D eigenvalue weighted by Gasteiger charge is 2.59. The number of nitrogens with one attached hydrogen (secondary N) is 1. The first-order chi connectivity index (χ1) is 17.6. The van der Waals surface area contributed by atoms with Crippen molar-refractivity contribution in [3.63, 3.8) is 0 Å². The Balaban J connectivity index is 0.983. The van der Waals surface area contributed by atoms with Gasteiger partial charge in [0.2, 0.25) is 5.91 Å². The molecule has 3 aliphatic rings. The van der Waals surface area contributed by atoms with E-state index in [0.717, 1.165) is 31.1 Å². The van der Waals surface area contributed by atoms with E-state index in [4.69, 9.17) is 9.47 Å². The van der Waals surface area contributed by atoms with Crippen LogP contribution in [0.4, 0.5) is 15.8 Å². The van der Waals surface area contributed by atoms with Crippen LogP contribution >= 0.6 is 0 Å². The van der Waals surface area contributed by atoms with Crippen molar-refractivity contribution in [2.24, 2.45) is 17.8 Å². The van der Waals surface area contributed by atoms with Gasteiger partial charge >= 0.3 is 0 Å². The summed E-state index contributed by atoms with van der Waals surface area (Å²) in [5, 5.41) is 2.94. The average Bonchev–Trinajstić information content (AvgIpc) is 3.41. The minimum Gasteiger partial charge on any atom is -0.457 e. The third-order valence-corrected chi connectivity index (χ3v) is 7.45. The number of ether oxygens (including phenoxy) is 2. The van der Waals surface area contributed by atoms with Gasteiger partial charge in [0.1, 0.15) is 17.3 Å². The number of para-hydroxylation sites is 1. The zero-order chi connectivity index (χ0) is 24.5. The molecule has 3 aromatic carbocycles. The van der Waals surface area contributed by atoms with Crippen LogP contribution in [-0.2, 0) is 16.1 Å². The molecule has 6 nitrogen and oxygen atoms in total. The number of anilines is 2. The molecule has 186 valence electrons. The molecular formula is C29H30FN3O3. The van der Waals surface area contributed by atoms with E-state index < -0.39 is 0 Å². The van der Waals surface area contributed by atoms with Crippen molar-refractivity contribution in [3.05, 3.63) is 84.2 Å². The molecule has 1 amide bonds. The number of morpholine rings is 1. The van der Waals surface area contributed by atoms with Gasteiger partial charge in [0.05, 0.1) is 18.9 Å². The first kappa shape index (κ1) is 23.0. The first-order valence-electron chi connectivity index (χ1n) is 12.6. The highest BCUT2D eigenvalue weighted by atomic mass is 19.1. The fourth-order valence-corrected chi connectivity index (χ4v) is 5.55. The van der Waals surface area contributed by atoms with Gasteiger partial charge in [0.15, 0.2) is 0 Å². The maximum absolute atomic E-state index is 14.7. The Morgan fingerprint density at radius 1 is 0.944 bits per heavy atom. The van der Waals surface area contributed by atoms with Gasteiger partial charge in [-0.15, -0.1) is 0 Å². The van der Waals surface area contributed by atoms with Crippen molar-refractivity contribution in [3.8, 4) is 11.5 Å². The van der Waals surface area contributed by atoms with Crippen LogP contribution in [0.1, 0.15) is 5.56 Å². The third-order valence-electron chi connectivity index (χ3n) is 7.45. The number of halogens is 1. The predicted octanol–water partition coefficient (Wildman–Crippen LogP) is 4.77. The molecule has 1 saturated carbocycles. The Hall–Kier alpha value is -3.42. The smallest absolute Gasteiger partial charge is 0.228 e. The number of likely N-dealkylation sites (tertiary alicyclic amines) is 1. The molecule has 2 aliphatic heterocycles. The average molecular weight is 488 g/mol. The summed E-state index contributed by atoms with van der Waals surface area (Å²) < 4.78 is 25.9. The van der Waals surface area contributed by atoms with E-state index in [1.165, 1.54) is 11.6 Å². The molecule has 2 unspecified atom stereocenters. The summed E-state index contributed by atoms with van der Waals surface area (Å²) in [7, 11) is 0. The molecule has 1 N–H and O–H groups in total. The van der Waals surface area contributed by atoms with Crippen LogP contribution in [0, 0.1) is 23.6 Å². The lowest BCUT2D eigenvalue weighted by Gasteiger charge is -2.29. The molecule has 0 spiro atoms. The van der Waals surface area contributed by atoms with Crippen molar-refractivity contribution in [2.45, 2.75) is 6.54 Å². The highest BCUT2D eigenvalue weighted by molar-refractivity contribution is 5.95. The van der Waals surface area contributed by atoms with Gasteiger partial charge < -0.3 is 19.7 Å². The lowest BCUT2D eigenvalue weighted by atomic mass is 10.1. The summed E-state index contributed by atoms with van der Waals surface area (Å²) in [4.78, 5) is 17.2. The lowest BCUT2D eigenvalue weighted by Crippen LogP contribution is -2.36. The predicted molar refractivity (Wildman–Crippen MR) is 137 cm³/mol. The van der Waals surface area contributed by atoms with Crippen LogP contribution in [0.3, 0.4) is 0 Å². The second kappa shape index (κ2) is 9.91. The molecule has 1 aliphatic carbocycles. The second-order valence-electron chi connectivity index (χ2n) is 9.86. The fourth-order valence-electron chi connectivity index (χ4n) is 5.55. The van der Waals surface area contributed by atoms with Crippen LogP contribution in [0.25, 0.3) is 0 Å². The van der Waals surface area contributed by atoms with Crippen LogP contribution in [0.5, 0.6) is 11.5 Å². The van der Waals surface area contributed by atoms with Crippen molar-refractivity contribution >= 4 is 17.3 Å². The molecule has 36 heavy (non-hydrogen) atoms. The number of hydrogen-bond donors (Lipinski definition) is 1. The van der Waals surface area contributed by atoms with Crippen molar-refractivity contribution < 1.29 is 18.7 Å². The van der Waals surface area contributed by atoms with Gasteiger partial charge in [-0.1, -0.05) is 30.3 Å². The molecule has 0 bridgehead atoms. The quantitative estimate of drug-likeness (QED) is 0.520. The van der Waals surface area contributed by atoms with Crippen molar-refractivity contribution in [1.29, 1.82) is 0 Å². The third kappa shape index (κ3) is 4.94. The molecule has 0 aromatic heterocycles. The number of fused-ring (bicyclic) bond motifs is 1. The van der Waals surface area contributed by atoms with Gasteiger partial charge in [0.25, 0.3) is 0 Å². The number of amides is 1. The Morgan fingerprint density at radius 2 is 1.64 bits per heavy atom. The number of carbonyl (C=O) groups is 1. The van der Waals surface area contributed by atoms with Gasteiger partial charge in [-0.3, -0.25) is 9.69 Å². The Bertz CT molecular complexity index is 1200. The minimum absolute atomic E-state index is 0.00517. The van der Waals surface area contributed by atoms with Crippen LogP contribution < -0.4 is 15.0 Å². The molecular weight excluding hydrogens is 457 g/mol. The first-order valence-corrected chi connectivity index (χ1v) is 12.6. The van der Waals surface area contributed by atoms with E-state index in [1.807, 2.05) is 47.4 Å². The van der Waals surface area contributed by atoms with E-state index >= 15 is 0 Å². The van der Waals surface area contributed by atoms with Crippen LogP contribution in [0.15, 0.2) is 72.8 Å². The van der Waals surface area contributed by atoms with Gasteiger partial charge in [-0.2, -0.15) is 0 Å². The standard InChI is InChI=1S/C29H30FN3O3/c30-26-16-21(8-11-27(26)33-12-14-35-15-13-33)31-29(34)28-24-18-32(19-25(24)28)17-20-6-9-23(10-7-20)36-22-4-2-1-3-5-22/h1-11,16,24-25,28H,12-15,17-19H2,(H,31,34). The van der Waals surface area contributed by atoms with E-state index in [-0.39, 0.29) is 17.6 Å². The molecule has 2 atom stereocenters. The number of hydrogen-bond acceptors (Lipinski definition) is 5. The summed E-state index contributed by atoms with van der Waals surface area (Å²) in [5.41, 5.74) is 2.32. The van der Waals surface area contributed by atoms with Gasteiger partial charge in [-0.05, 0) is 59.9 Å². The van der Waals surface area contributed by atoms with Gasteiger partial charge in [0, 0.05) is 44.3 Å². The molecule has 7 heteroatoms. The Kier molecular flexibility index (Phi) is 6.34. The molecule has 3 aromatic rings. The monoisotopic (exact) mass is 487 g/mol. The second-order valence-corrected chi connectivity index (χ2v) is 9.86. The summed E-state index contributed by atoms with van der Waals surface area (Å²) in [6.45, 7) is 5.25. The largest absolute Gasteiger partial charge is 0.457 e. The van der Waals surface area contributed by atoms with E-state index in [0.29, 0.717) is 49.5 Å². The number of piperidine rings is 1. The van der Waals surface area contributed by atoms with Crippen LogP contribution in [0.2, 0.25) is 0 Å². The lowest BCUT2D eigenvalue weighted by molar-refractivity contribution is -0.118. The number of carbonyl (C=O) groups excluding carboxylic acids is 1. The number of nitrogens with zero attached hydrogens (tertiary/aromatic N) is 2. The minimum atomic E-state index is -0.308. The summed E-state index contributed by atoms with van der Waals surface area (Å²) in [6.07, 6.45) is 0. The zero-order valence-electron chi connectivity index (χ0n) is 20.1. The molecule has 2 saturated heterocycles. The number of rotatable bonds is 7. The van der Waals surface area contributed by atoms with E-state index in [9.17, 15) is 9.18 Å². The normalized spacial score (nSPS) is 23.2. The number of benzene rings is 3. The maximum atomic E-state index is 14.7. The maximum Gasteiger partial charge on any atom is 0.228 e. The highest BCUT2D eigenvalue weighted by Crippen LogP contribution is 2.52. The summed E-state index contributed by atoms with van der Waals surface area (Å²) >= 11 is 0. The fraction of sp³-hybridized carbons (Fsp3) is 0.345. The Morgan fingerprint density at radius 3 is 2.33 bits per heavy atom. The van der Waals surface area contributed by atoms with E-state index in [2.05, 4.69) is 22.3 Å². The molecule has 0 radical (unpaired) electrons. The molecule has 2 heterocycles. The molecule has 6 rings (SSSR count). The SMILES string of the molecule is O=C(Nc1ccc(N2CCOCC2)c(F)c1)C1C2CN(Cc3ccc(Oc4ccccc4)cc3)CC21. The van der Waals surface area contributed by atoms with Crippen molar-refractivity contribution in [1.82, 2.24) is 4.90 Å². The van der Waals surface area contributed by atoms with E-state index in [1.54, 1.807) is 12.1 Å². The molecule has 3 fully saturated rings.